The molecule has 0 atom stereocenters. The van der Waals surface area contributed by atoms with Crippen molar-refractivity contribution >= 4 is 11.9 Å². The van der Waals surface area contributed by atoms with E-state index in [1.165, 1.54) is 0 Å². The molecule has 1 N–H and O–H groups in total. The lowest BCUT2D eigenvalue weighted by Gasteiger charge is -2.32. The topological polar surface area (TPSA) is 76.1 Å². The first-order valence-electron chi connectivity index (χ1n) is 9.03. The van der Waals surface area contributed by atoms with E-state index in [1.807, 2.05) is 35.2 Å². The molecule has 1 fully saturated rings. The number of carboxylic acid groups (broad SMARTS) is 1. The van der Waals surface area contributed by atoms with E-state index >= 15 is 0 Å². The molecule has 1 aliphatic heterocycles. The average Bonchev–Trinajstić information content (AvgIpc) is 2.71. The smallest absolute Gasteiger partial charge is 0.341 e. The van der Waals surface area contributed by atoms with Gasteiger partial charge in [0.15, 0.2) is 6.61 Å². The van der Waals surface area contributed by atoms with Gasteiger partial charge in [-0.25, -0.2) is 4.79 Å². The number of aliphatic carboxylic acids is 1. The molecule has 0 aromatic heterocycles. The molecule has 0 radical (unpaired) electrons. The van der Waals surface area contributed by atoms with E-state index in [0.717, 1.165) is 18.6 Å². The molecule has 0 unspecified atom stereocenters. The van der Waals surface area contributed by atoms with Crippen molar-refractivity contribution in [2.45, 2.75) is 12.8 Å². The van der Waals surface area contributed by atoms with Crippen molar-refractivity contribution in [3.05, 3.63) is 60.2 Å². The van der Waals surface area contributed by atoms with E-state index in [0.29, 0.717) is 36.9 Å². The van der Waals surface area contributed by atoms with Gasteiger partial charge in [0.1, 0.15) is 11.5 Å². The number of carboxylic acids is 1. The van der Waals surface area contributed by atoms with Gasteiger partial charge in [-0.15, -0.1) is 0 Å². The number of ether oxygens (including phenoxy) is 2. The fourth-order valence-electron chi connectivity index (χ4n) is 3.08. The lowest BCUT2D eigenvalue weighted by atomic mass is 9.97. The number of benzene rings is 2. The molecule has 1 amide bonds. The summed E-state index contributed by atoms with van der Waals surface area (Å²) in [7, 11) is 0. The van der Waals surface area contributed by atoms with Gasteiger partial charge in [0.25, 0.3) is 5.91 Å². The highest BCUT2D eigenvalue weighted by Crippen LogP contribution is 2.22. The van der Waals surface area contributed by atoms with Crippen LogP contribution in [0.4, 0.5) is 0 Å². The Bertz CT molecular complexity index is 769. The summed E-state index contributed by atoms with van der Waals surface area (Å²) in [5, 5.41) is 8.69. The van der Waals surface area contributed by atoms with Crippen molar-refractivity contribution in [1.82, 2.24) is 4.90 Å². The molecule has 142 valence electrons. The van der Waals surface area contributed by atoms with Crippen LogP contribution < -0.4 is 9.47 Å². The number of amides is 1. The maximum absolute atomic E-state index is 12.7. The summed E-state index contributed by atoms with van der Waals surface area (Å²) in [5.41, 5.74) is 0.511. The number of likely N-dealkylation sites (tertiary alicyclic amines) is 1. The maximum atomic E-state index is 12.7. The highest BCUT2D eigenvalue weighted by Gasteiger charge is 2.24. The van der Waals surface area contributed by atoms with Gasteiger partial charge in [-0.05, 0) is 49.1 Å². The van der Waals surface area contributed by atoms with Crippen molar-refractivity contribution in [1.29, 1.82) is 0 Å². The van der Waals surface area contributed by atoms with Crippen molar-refractivity contribution in [3.8, 4) is 11.5 Å². The molecule has 0 bridgehead atoms. The molecule has 6 heteroatoms. The Morgan fingerprint density at radius 1 is 0.963 bits per heavy atom. The summed E-state index contributed by atoms with van der Waals surface area (Å²) in [6.07, 6.45) is 1.79. The van der Waals surface area contributed by atoms with Gasteiger partial charge in [0, 0.05) is 18.7 Å². The predicted octanol–water partition coefficient (Wildman–Crippen LogP) is 3.08. The predicted molar refractivity (Wildman–Crippen MR) is 100 cm³/mol. The zero-order chi connectivity index (χ0) is 19.1. The Hall–Kier alpha value is -3.02. The van der Waals surface area contributed by atoms with Gasteiger partial charge in [-0.1, -0.05) is 24.3 Å². The van der Waals surface area contributed by atoms with Gasteiger partial charge in [-0.2, -0.15) is 0 Å². The molecule has 2 aromatic rings. The number of hydrogen-bond acceptors (Lipinski definition) is 4. The summed E-state index contributed by atoms with van der Waals surface area (Å²) in [6, 6.07) is 16.4. The molecule has 0 spiro atoms. The second-order valence-corrected chi connectivity index (χ2v) is 6.57. The van der Waals surface area contributed by atoms with Crippen LogP contribution in [0.15, 0.2) is 54.6 Å². The number of para-hydroxylation sites is 1. The Kier molecular flexibility index (Phi) is 6.30. The van der Waals surface area contributed by atoms with Gasteiger partial charge < -0.3 is 19.5 Å². The van der Waals surface area contributed by atoms with Gasteiger partial charge >= 0.3 is 5.97 Å². The van der Waals surface area contributed by atoms with E-state index in [4.69, 9.17) is 14.6 Å². The molecule has 0 saturated carbocycles. The third-order valence-corrected chi connectivity index (χ3v) is 4.57. The summed E-state index contributed by atoms with van der Waals surface area (Å²) in [5.74, 6) is 0.577. The van der Waals surface area contributed by atoms with Crippen LogP contribution in [0.1, 0.15) is 23.2 Å². The fraction of sp³-hybridized carbons (Fsp3) is 0.333. The van der Waals surface area contributed by atoms with E-state index in [1.54, 1.807) is 24.3 Å². The molecule has 1 heterocycles. The maximum Gasteiger partial charge on any atom is 0.341 e. The quantitative estimate of drug-likeness (QED) is 0.812. The summed E-state index contributed by atoms with van der Waals surface area (Å²) in [6.45, 7) is 1.60. The van der Waals surface area contributed by atoms with Gasteiger partial charge in [0.2, 0.25) is 0 Å². The molecule has 2 aromatic carbocycles. The van der Waals surface area contributed by atoms with Crippen LogP contribution in [0.3, 0.4) is 0 Å². The second kappa shape index (κ2) is 9.07. The number of carbonyl (C=O) groups is 2. The Balaban J connectivity index is 1.49. The highest BCUT2D eigenvalue weighted by atomic mass is 16.5. The standard InChI is InChI=1S/C21H23NO5/c23-20(24)15-27-19-8-4-5-17(13-19)21(25)22-11-9-16(10-12-22)14-26-18-6-2-1-3-7-18/h1-8,13,16H,9-12,14-15H2,(H,23,24). The monoisotopic (exact) mass is 369 g/mol. The average molecular weight is 369 g/mol. The molecule has 1 aliphatic rings. The minimum atomic E-state index is -1.05. The van der Waals surface area contributed by atoms with Crippen molar-refractivity contribution in [3.63, 3.8) is 0 Å². The normalized spacial score (nSPS) is 14.6. The first kappa shape index (κ1) is 18.8. The third-order valence-electron chi connectivity index (χ3n) is 4.57. The molecule has 27 heavy (non-hydrogen) atoms. The Morgan fingerprint density at radius 2 is 1.67 bits per heavy atom. The minimum Gasteiger partial charge on any atom is -0.493 e. The number of rotatable bonds is 7. The Morgan fingerprint density at radius 3 is 2.37 bits per heavy atom. The summed E-state index contributed by atoms with van der Waals surface area (Å²) >= 11 is 0. The minimum absolute atomic E-state index is 0.0572. The van der Waals surface area contributed by atoms with E-state index in [-0.39, 0.29) is 5.91 Å². The van der Waals surface area contributed by atoms with Crippen LogP contribution >= 0.6 is 0 Å². The lowest BCUT2D eigenvalue weighted by Crippen LogP contribution is -2.39. The molecule has 1 saturated heterocycles. The third kappa shape index (κ3) is 5.48. The van der Waals surface area contributed by atoms with Crippen LogP contribution in [0.25, 0.3) is 0 Å². The van der Waals surface area contributed by atoms with Gasteiger partial charge in [0.05, 0.1) is 6.61 Å². The molecule has 0 aliphatic carbocycles. The number of piperidine rings is 1. The van der Waals surface area contributed by atoms with Crippen LogP contribution in [-0.2, 0) is 4.79 Å². The first-order chi connectivity index (χ1) is 13.1. The van der Waals surface area contributed by atoms with Gasteiger partial charge in [-0.3, -0.25) is 4.79 Å². The summed E-state index contributed by atoms with van der Waals surface area (Å²) < 4.78 is 11.0. The highest BCUT2D eigenvalue weighted by molar-refractivity contribution is 5.94. The molecular formula is C21H23NO5. The Labute approximate surface area is 158 Å². The molecular weight excluding hydrogens is 346 g/mol. The lowest BCUT2D eigenvalue weighted by molar-refractivity contribution is -0.139. The number of carbonyl (C=O) groups excluding carboxylic acids is 1. The second-order valence-electron chi connectivity index (χ2n) is 6.57. The fourth-order valence-corrected chi connectivity index (χ4v) is 3.08. The van der Waals surface area contributed by atoms with Crippen LogP contribution in [0, 0.1) is 5.92 Å². The van der Waals surface area contributed by atoms with Crippen molar-refractivity contribution < 1.29 is 24.2 Å². The van der Waals surface area contributed by atoms with E-state index in [9.17, 15) is 9.59 Å². The van der Waals surface area contributed by atoms with Crippen LogP contribution in [-0.4, -0.2) is 48.2 Å². The molecule has 6 nitrogen and oxygen atoms in total. The first-order valence-corrected chi connectivity index (χ1v) is 9.03. The number of nitrogens with zero attached hydrogens (tertiary/aromatic N) is 1. The van der Waals surface area contributed by atoms with Crippen LogP contribution in [0.2, 0.25) is 0 Å². The molecule has 3 rings (SSSR count). The van der Waals surface area contributed by atoms with E-state index in [2.05, 4.69) is 0 Å². The summed E-state index contributed by atoms with van der Waals surface area (Å²) in [4.78, 5) is 25.1. The van der Waals surface area contributed by atoms with Crippen molar-refractivity contribution in [2.24, 2.45) is 5.92 Å². The van der Waals surface area contributed by atoms with Crippen molar-refractivity contribution in [2.75, 3.05) is 26.3 Å². The zero-order valence-corrected chi connectivity index (χ0v) is 15.0. The van der Waals surface area contributed by atoms with Crippen LogP contribution in [0.5, 0.6) is 11.5 Å². The SMILES string of the molecule is O=C(O)COc1cccc(C(=O)N2CCC(COc3ccccc3)CC2)c1. The largest absolute Gasteiger partial charge is 0.493 e. The number of hydrogen-bond donors (Lipinski definition) is 1. The zero-order valence-electron chi connectivity index (χ0n) is 15.0. The van der Waals surface area contributed by atoms with E-state index < -0.39 is 12.6 Å².